The minimum atomic E-state index is -3.04. The van der Waals surface area contributed by atoms with E-state index in [1.807, 2.05) is 24.3 Å². The van der Waals surface area contributed by atoms with Crippen LogP contribution in [0.15, 0.2) is 46.9 Å². The third-order valence-corrected chi connectivity index (χ3v) is 3.03. The molecule has 0 saturated heterocycles. The van der Waals surface area contributed by atoms with Crippen molar-refractivity contribution in [3.63, 3.8) is 0 Å². The van der Waals surface area contributed by atoms with Crippen LogP contribution < -0.4 is 10.1 Å². The number of halogens is 4. The summed E-state index contributed by atoms with van der Waals surface area (Å²) >= 11 is 3.36. The summed E-state index contributed by atoms with van der Waals surface area (Å²) in [7, 11) is 0. The predicted octanol–water partition coefficient (Wildman–Crippen LogP) is 4.80. The summed E-state index contributed by atoms with van der Waals surface area (Å²) in [6.07, 6.45) is 0. The standard InChI is InChI=1S/C14H11BrF3NO/c15-10-3-1-2-9(6-10)8-19-11-4-5-13(12(16)7-11)20-14(17)18/h1-7,14,19H,8H2. The summed E-state index contributed by atoms with van der Waals surface area (Å²) in [4.78, 5) is 0. The highest BCUT2D eigenvalue weighted by Gasteiger charge is 2.10. The number of hydrogen-bond donors (Lipinski definition) is 1. The van der Waals surface area contributed by atoms with Gasteiger partial charge >= 0.3 is 6.61 Å². The maximum atomic E-state index is 13.5. The van der Waals surface area contributed by atoms with Crippen molar-refractivity contribution >= 4 is 21.6 Å². The van der Waals surface area contributed by atoms with Crippen molar-refractivity contribution in [2.45, 2.75) is 13.2 Å². The van der Waals surface area contributed by atoms with Crippen molar-refractivity contribution < 1.29 is 17.9 Å². The van der Waals surface area contributed by atoms with Crippen LogP contribution in [0.1, 0.15) is 5.56 Å². The van der Waals surface area contributed by atoms with Crippen molar-refractivity contribution in [1.29, 1.82) is 0 Å². The molecule has 0 radical (unpaired) electrons. The third-order valence-electron chi connectivity index (χ3n) is 2.53. The molecule has 20 heavy (non-hydrogen) atoms. The average Bonchev–Trinajstić information content (AvgIpc) is 2.39. The van der Waals surface area contributed by atoms with Crippen molar-refractivity contribution in [2.24, 2.45) is 0 Å². The van der Waals surface area contributed by atoms with E-state index in [9.17, 15) is 13.2 Å². The van der Waals surface area contributed by atoms with E-state index in [-0.39, 0.29) is 0 Å². The molecule has 0 aliphatic heterocycles. The highest BCUT2D eigenvalue weighted by Crippen LogP contribution is 2.23. The van der Waals surface area contributed by atoms with Crippen molar-refractivity contribution in [3.8, 4) is 5.75 Å². The van der Waals surface area contributed by atoms with Crippen molar-refractivity contribution in [3.05, 3.63) is 58.3 Å². The molecule has 0 aliphatic rings. The van der Waals surface area contributed by atoms with Crippen LogP contribution in [0.25, 0.3) is 0 Å². The lowest BCUT2D eigenvalue weighted by atomic mass is 10.2. The first kappa shape index (κ1) is 14.7. The summed E-state index contributed by atoms with van der Waals surface area (Å²) < 4.78 is 42.5. The highest BCUT2D eigenvalue weighted by molar-refractivity contribution is 9.10. The van der Waals surface area contributed by atoms with Crippen LogP contribution in [0, 0.1) is 5.82 Å². The van der Waals surface area contributed by atoms with E-state index in [1.165, 1.54) is 12.1 Å². The first-order valence-corrected chi connectivity index (χ1v) is 6.56. The summed E-state index contributed by atoms with van der Waals surface area (Å²) in [5.74, 6) is -1.29. The third kappa shape index (κ3) is 4.16. The molecule has 0 aromatic heterocycles. The van der Waals surface area contributed by atoms with Gasteiger partial charge < -0.3 is 10.1 Å². The van der Waals surface area contributed by atoms with Gasteiger partial charge in [-0.25, -0.2) is 4.39 Å². The maximum Gasteiger partial charge on any atom is 0.387 e. The van der Waals surface area contributed by atoms with Gasteiger partial charge in [0.15, 0.2) is 11.6 Å². The smallest absolute Gasteiger partial charge is 0.387 e. The van der Waals surface area contributed by atoms with Gasteiger partial charge in [-0.3, -0.25) is 0 Å². The van der Waals surface area contributed by atoms with Crippen LogP contribution >= 0.6 is 15.9 Å². The first-order valence-electron chi connectivity index (χ1n) is 5.77. The Bertz CT molecular complexity index is 592. The molecule has 0 atom stereocenters. The van der Waals surface area contributed by atoms with Crippen LogP contribution in [-0.2, 0) is 6.54 Å². The van der Waals surface area contributed by atoms with Gasteiger partial charge in [-0.05, 0) is 29.8 Å². The summed E-state index contributed by atoms with van der Waals surface area (Å²) in [5.41, 5.74) is 1.50. The lowest BCUT2D eigenvalue weighted by Crippen LogP contribution is -2.05. The van der Waals surface area contributed by atoms with Gasteiger partial charge in [-0.1, -0.05) is 28.1 Å². The van der Waals surface area contributed by atoms with E-state index in [2.05, 4.69) is 26.0 Å². The van der Waals surface area contributed by atoms with Gasteiger partial charge in [-0.15, -0.1) is 0 Å². The van der Waals surface area contributed by atoms with Crippen LogP contribution in [0.4, 0.5) is 18.9 Å². The monoisotopic (exact) mass is 345 g/mol. The fourth-order valence-corrected chi connectivity index (χ4v) is 2.10. The topological polar surface area (TPSA) is 21.3 Å². The van der Waals surface area contributed by atoms with E-state index < -0.39 is 18.2 Å². The van der Waals surface area contributed by atoms with E-state index >= 15 is 0 Å². The minimum Gasteiger partial charge on any atom is -0.432 e. The second-order valence-electron chi connectivity index (χ2n) is 4.01. The molecular weight excluding hydrogens is 335 g/mol. The lowest BCUT2D eigenvalue weighted by molar-refractivity contribution is -0.0521. The zero-order valence-electron chi connectivity index (χ0n) is 10.2. The maximum absolute atomic E-state index is 13.5. The first-order chi connectivity index (χ1) is 9.54. The second kappa shape index (κ2) is 6.65. The molecule has 0 unspecified atom stereocenters. The number of benzene rings is 2. The fraction of sp³-hybridized carbons (Fsp3) is 0.143. The van der Waals surface area contributed by atoms with Crippen LogP contribution in [0.5, 0.6) is 5.75 Å². The van der Waals surface area contributed by atoms with E-state index in [0.29, 0.717) is 12.2 Å². The summed E-state index contributed by atoms with van der Waals surface area (Å²) in [6.45, 7) is -2.54. The van der Waals surface area contributed by atoms with E-state index in [1.54, 1.807) is 0 Å². The second-order valence-corrected chi connectivity index (χ2v) is 4.92. The minimum absolute atomic E-state index is 0.465. The summed E-state index contributed by atoms with van der Waals surface area (Å²) in [6, 6.07) is 11.4. The molecule has 0 fully saturated rings. The average molecular weight is 346 g/mol. The number of anilines is 1. The van der Waals surface area contributed by atoms with Gasteiger partial charge in [0.2, 0.25) is 0 Å². The highest BCUT2D eigenvalue weighted by atomic mass is 79.9. The van der Waals surface area contributed by atoms with E-state index in [0.717, 1.165) is 16.1 Å². The molecular formula is C14H11BrF3NO. The summed E-state index contributed by atoms with van der Waals surface area (Å²) in [5, 5.41) is 3.01. The Morgan fingerprint density at radius 2 is 1.95 bits per heavy atom. The van der Waals surface area contributed by atoms with Gasteiger partial charge in [0.05, 0.1) is 0 Å². The SMILES string of the molecule is Fc1cc(NCc2cccc(Br)c2)ccc1OC(F)F. The molecule has 2 rings (SSSR count). The molecule has 2 nitrogen and oxygen atoms in total. The molecule has 0 spiro atoms. The molecule has 2 aromatic carbocycles. The number of alkyl halides is 2. The molecule has 0 saturated carbocycles. The van der Waals surface area contributed by atoms with Crippen LogP contribution in [0.3, 0.4) is 0 Å². The fourth-order valence-electron chi connectivity index (χ4n) is 1.65. The predicted molar refractivity (Wildman–Crippen MR) is 74.5 cm³/mol. The molecule has 106 valence electrons. The number of hydrogen-bond acceptors (Lipinski definition) is 2. The molecule has 0 bridgehead atoms. The number of rotatable bonds is 5. The quantitative estimate of drug-likeness (QED) is 0.840. The number of nitrogens with one attached hydrogen (secondary N) is 1. The Hall–Kier alpha value is -1.69. The Kier molecular flexibility index (Phi) is 4.89. The lowest BCUT2D eigenvalue weighted by Gasteiger charge is -2.10. The van der Waals surface area contributed by atoms with Gasteiger partial charge in [0, 0.05) is 22.8 Å². The Labute approximate surface area is 122 Å². The molecule has 1 N–H and O–H groups in total. The zero-order valence-corrected chi connectivity index (χ0v) is 11.8. The molecule has 6 heteroatoms. The Morgan fingerprint density at radius 1 is 1.15 bits per heavy atom. The molecule has 0 aliphatic carbocycles. The van der Waals surface area contributed by atoms with Crippen LogP contribution in [0.2, 0.25) is 0 Å². The van der Waals surface area contributed by atoms with Gasteiger partial charge in [-0.2, -0.15) is 8.78 Å². The van der Waals surface area contributed by atoms with Crippen molar-refractivity contribution in [2.75, 3.05) is 5.32 Å². The molecule has 0 heterocycles. The van der Waals surface area contributed by atoms with Crippen molar-refractivity contribution in [1.82, 2.24) is 0 Å². The van der Waals surface area contributed by atoms with Gasteiger partial charge in [0.1, 0.15) is 0 Å². The molecule has 2 aromatic rings. The normalized spacial score (nSPS) is 10.7. The number of ether oxygens (including phenoxy) is 1. The van der Waals surface area contributed by atoms with E-state index in [4.69, 9.17) is 0 Å². The largest absolute Gasteiger partial charge is 0.432 e. The molecule has 0 amide bonds. The van der Waals surface area contributed by atoms with Gasteiger partial charge in [0.25, 0.3) is 0 Å². The Morgan fingerprint density at radius 3 is 2.60 bits per heavy atom. The zero-order chi connectivity index (χ0) is 14.5. The Balaban J connectivity index is 2.02. The van der Waals surface area contributed by atoms with Crippen LogP contribution in [-0.4, -0.2) is 6.61 Å².